The van der Waals surface area contributed by atoms with E-state index in [4.69, 9.17) is 0 Å². The van der Waals surface area contributed by atoms with Gasteiger partial charge in [-0.05, 0) is 48.5 Å². The van der Waals surface area contributed by atoms with Crippen LogP contribution < -0.4 is 4.90 Å². The minimum absolute atomic E-state index is 0.217. The highest BCUT2D eigenvalue weighted by Crippen LogP contribution is 2.40. The van der Waals surface area contributed by atoms with Gasteiger partial charge >= 0.3 is 0 Å². The number of carbonyl (C=O) groups excluding carboxylic acids is 1. The van der Waals surface area contributed by atoms with E-state index in [1.165, 1.54) is 37.7 Å². The fourth-order valence-corrected chi connectivity index (χ4v) is 4.28. The summed E-state index contributed by atoms with van der Waals surface area (Å²) in [6, 6.07) is 8.43. The van der Waals surface area contributed by atoms with E-state index in [0.29, 0.717) is 12.3 Å². The number of anilines is 1. The molecule has 3 heteroatoms. The molecule has 0 radical (unpaired) electrons. The molecule has 1 amide bonds. The van der Waals surface area contributed by atoms with Crippen LogP contribution >= 0.6 is 12.6 Å². The van der Waals surface area contributed by atoms with E-state index in [0.717, 1.165) is 30.8 Å². The van der Waals surface area contributed by atoms with Crippen molar-refractivity contribution in [1.29, 1.82) is 0 Å². The van der Waals surface area contributed by atoms with Gasteiger partial charge in [0, 0.05) is 18.7 Å². The number of aryl methyl sites for hydroxylation is 1. The number of hydrogen-bond donors (Lipinski definition) is 1. The zero-order valence-electron chi connectivity index (χ0n) is 12.7. The zero-order chi connectivity index (χ0) is 14.7. The van der Waals surface area contributed by atoms with Gasteiger partial charge in [0.1, 0.15) is 0 Å². The number of para-hydroxylation sites is 1. The lowest BCUT2D eigenvalue weighted by atomic mass is 9.75. The maximum Gasteiger partial charge on any atom is 0.227 e. The third-order valence-electron chi connectivity index (χ3n) is 5.16. The van der Waals surface area contributed by atoms with Gasteiger partial charge in [-0.3, -0.25) is 4.79 Å². The summed E-state index contributed by atoms with van der Waals surface area (Å²) in [5.74, 6) is 1.19. The summed E-state index contributed by atoms with van der Waals surface area (Å²) in [7, 11) is 0. The molecule has 0 aromatic heterocycles. The van der Waals surface area contributed by atoms with Crippen LogP contribution in [0.3, 0.4) is 0 Å². The summed E-state index contributed by atoms with van der Waals surface area (Å²) in [4.78, 5) is 14.7. The first kappa shape index (κ1) is 15.0. The second kappa shape index (κ2) is 6.43. The average Bonchev–Trinajstić information content (AvgIpc) is 2.68. The molecule has 0 atom stereocenters. The predicted molar refractivity (Wildman–Crippen MR) is 91.1 cm³/mol. The van der Waals surface area contributed by atoms with Gasteiger partial charge in [0.25, 0.3) is 0 Å². The van der Waals surface area contributed by atoms with Gasteiger partial charge < -0.3 is 4.90 Å². The Kier molecular flexibility index (Phi) is 4.58. The molecule has 1 aromatic rings. The molecule has 1 aliphatic heterocycles. The van der Waals surface area contributed by atoms with E-state index in [-0.39, 0.29) is 5.41 Å². The van der Waals surface area contributed by atoms with Crippen molar-refractivity contribution in [3.05, 3.63) is 29.8 Å². The summed E-state index contributed by atoms with van der Waals surface area (Å²) in [6.07, 6.45) is 8.99. The van der Waals surface area contributed by atoms with Crippen molar-refractivity contribution >= 4 is 24.2 Å². The van der Waals surface area contributed by atoms with Crippen LogP contribution in [0.1, 0.15) is 50.5 Å². The van der Waals surface area contributed by atoms with Crippen LogP contribution in [0.15, 0.2) is 24.3 Å². The van der Waals surface area contributed by atoms with Gasteiger partial charge in [0.15, 0.2) is 0 Å². The first-order chi connectivity index (χ1) is 10.2. The smallest absolute Gasteiger partial charge is 0.227 e. The largest absolute Gasteiger partial charge is 0.312 e. The third kappa shape index (κ3) is 3.13. The Bertz CT molecular complexity index is 508. The Morgan fingerprint density at radius 2 is 1.81 bits per heavy atom. The molecule has 2 nitrogen and oxygen atoms in total. The molecule has 0 bridgehead atoms. The normalized spacial score (nSPS) is 21.8. The van der Waals surface area contributed by atoms with Crippen molar-refractivity contribution in [2.75, 3.05) is 17.2 Å². The molecule has 1 aliphatic carbocycles. The number of fused-ring (bicyclic) bond motifs is 1. The van der Waals surface area contributed by atoms with Crippen molar-refractivity contribution in [3.8, 4) is 0 Å². The lowest BCUT2D eigenvalue weighted by molar-refractivity contribution is -0.119. The Hall–Kier alpha value is -0.960. The van der Waals surface area contributed by atoms with E-state index in [1.54, 1.807) is 0 Å². The van der Waals surface area contributed by atoms with Crippen LogP contribution in [0.4, 0.5) is 5.69 Å². The first-order valence-electron chi connectivity index (χ1n) is 8.23. The Labute approximate surface area is 133 Å². The van der Waals surface area contributed by atoms with Crippen molar-refractivity contribution in [1.82, 2.24) is 0 Å². The molecule has 1 aromatic carbocycles. The van der Waals surface area contributed by atoms with E-state index < -0.39 is 0 Å². The number of hydrogen-bond acceptors (Lipinski definition) is 2. The summed E-state index contributed by atoms with van der Waals surface area (Å²) in [6.45, 7) is 0.854. The van der Waals surface area contributed by atoms with Crippen molar-refractivity contribution in [2.45, 2.75) is 51.4 Å². The number of carbonyl (C=O) groups is 1. The standard InChI is InChI=1S/C18H25NOS/c20-17-10-6-8-15-7-2-3-9-16(15)19(17)13-18(14-21)11-4-1-5-12-18/h2-3,7,9,21H,1,4-6,8,10-14H2. The summed E-state index contributed by atoms with van der Waals surface area (Å²) >= 11 is 4.64. The molecular formula is C18H25NOS. The van der Waals surface area contributed by atoms with Crippen LogP contribution in [-0.2, 0) is 11.2 Å². The molecule has 1 fully saturated rings. The second-order valence-corrected chi connectivity index (χ2v) is 7.00. The van der Waals surface area contributed by atoms with E-state index in [2.05, 4.69) is 41.8 Å². The van der Waals surface area contributed by atoms with Gasteiger partial charge in [-0.2, -0.15) is 12.6 Å². The van der Waals surface area contributed by atoms with Crippen LogP contribution in [0.25, 0.3) is 0 Å². The van der Waals surface area contributed by atoms with Gasteiger partial charge in [-0.15, -0.1) is 0 Å². The molecule has 0 spiro atoms. The summed E-state index contributed by atoms with van der Waals surface area (Å²) in [5.41, 5.74) is 2.69. The number of amides is 1. The molecule has 2 aliphatic rings. The SMILES string of the molecule is O=C1CCCc2ccccc2N1CC1(CS)CCCCC1. The minimum atomic E-state index is 0.217. The molecular weight excluding hydrogens is 278 g/mol. The molecule has 3 rings (SSSR count). The fraction of sp³-hybridized carbons (Fsp3) is 0.611. The molecule has 0 unspecified atom stereocenters. The topological polar surface area (TPSA) is 20.3 Å². The van der Waals surface area contributed by atoms with E-state index in [9.17, 15) is 4.79 Å². The summed E-state index contributed by atoms with van der Waals surface area (Å²) < 4.78 is 0. The maximum atomic E-state index is 12.6. The second-order valence-electron chi connectivity index (χ2n) is 6.68. The summed E-state index contributed by atoms with van der Waals surface area (Å²) in [5, 5.41) is 0. The highest BCUT2D eigenvalue weighted by Gasteiger charge is 2.35. The van der Waals surface area contributed by atoms with Crippen molar-refractivity contribution < 1.29 is 4.79 Å². The highest BCUT2D eigenvalue weighted by molar-refractivity contribution is 7.80. The number of nitrogens with zero attached hydrogens (tertiary/aromatic N) is 1. The van der Waals surface area contributed by atoms with Crippen molar-refractivity contribution in [2.24, 2.45) is 5.41 Å². The lowest BCUT2D eigenvalue weighted by Crippen LogP contribution is -2.43. The van der Waals surface area contributed by atoms with Crippen LogP contribution in [0.5, 0.6) is 0 Å². The van der Waals surface area contributed by atoms with Gasteiger partial charge in [-0.1, -0.05) is 37.5 Å². The van der Waals surface area contributed by atoms with Gasteiger partial charge in [-0.25, -0.2) is 0 Å². The quantitative estimate of drug-likeness (QED) is 0.828. The van der Waals surface area contributed by atoms with E-state index >= 15 is 0 Å². The van der Waals surface area contributed by atoms with Crippen LogP contribution in [0.2, 0.25) is 0 Å². The van der Waals surface area contributed by atoms with Crippen molar-refractivity contribution in [3.63, 3.8) is 0 Å². The van der Waals surface area contributed by atoms with E-state index in [1.807, 2.05) is 0 Å². The lowest BCUT2D eigenvalue weighted by Gasteiger charge is -2.40. The fourth-order valence-electron chi connectivity index (χ4n) is 3.86. The maximum absolute atomic E-state index is 12.6. The minimum Gasteiger partial charge on any atom is -0.312 e. The number of benzene rings is 1. The van der Waals surface area contributed by atoms with Crippen LogP contribution in [0, 0.1) is 5.41 Å². The highest BCUT2D eigenvalue weighted by atomic mass is 32.1. The molecule has 21 heavy (non-hydrogen) atoms. The predicted octanol–water partition coefficient (Wildman–Crippen LogP) is 4.24. The van der Waals surface area contributed by atoms with Gasteiger partial charge in [0.05, 0.1) is 0 Å². The first-order valence-corrected chi connectivity index (χ1v) is 8.86. The molecule has 1 heterocycles. The monoisotopic (exact) mass is 303 g/mol. The third-order valence-corrected chi connectivity index (χ3v) is 5.83. The Morgan fingerprint density at radius 3 is 2.57 bits per heavy atom. The number of thiol groups is 1. The average molecular weight is 303 g/mol. The molecule has 0 N–H and O–H groups in total. The van der Waals surface area contributed by atoms with Crippen LogP contribution in [-0.4, -0.2) is 18.2 Å². The zero-order valence-corrected chi connectivity index (χ0v) is 13.6. The van der Waals surface area contributed by atoms with Gasteiger partial charge in [0.2, 0.25) is 5.91 Å². The molecule has 1 saturated carbocycles. The molecule has 114 valence electrons. The Morgan fingerprint density at radius 1 is 1.05 bits per heavy atom. The molecule has 0 saturated heterocycles. The Balaban J connectivity index is 1.90. The number of rotatable bonds is 3.